The third kappa shape index (κ3) is 4.01. The Kier molecular flexibility index (Phi) is 5.45. The Labute approximate surface area is 112 Å². The van der Waals surface area contributed by atoms with Crippen LogP contribution >= 0.6 is 0 Å². The van der Waals surface area contributed by atoms with Gasteiger partial charge in [0.05, 0.1) is 12.5 Å². The lowest BCUT2D eigenvalue weighted by Gasteiger charge is -2.26. The largest absolute Gasteiger partial charge is 0.462 e. The van der Waals surface area contributed by atoms with Crippen molar-refractivity contribution < 1.29 is 18.3 Å². The van der Waals surface area contributed by atoms with Gasteiger partial charge in [-0.1, -0.05) is 44.2 Å². The molecule has 0 radical (unpaired) electrons. The number of carbonyl (C=O) groups is 1. The van der Waals surface area contributed by atoms with E-state index in [1.807, 2.05) is 13.8 Å². The number of rotatable bonds is 6. The predicted octanol–water partition coefficient (Wildman–Crippen LogP) is 4.01. The van der Waals surface area contributed by atoms with Crippen LogP contribution in [0, 0.1) is 5.92 Å². The van der Waals surface area contributed by atoms with Gasteiger partial charge in [0.2, 0.25) is 0 Å². The molecule has 0 fully saturated rings. The Hall–Kier alpha value is -1.45. The average molecular weight is 270 g/mol. The quantitative estimate of drug-likeness (QED) is 0.730. The van der Waals surface area contributed by atoms with Crippen molar-refractivity contribution in [2.24, 2.45) is 5.92 Å². The molecular weight excluding hydrogens is 250 g/mol. The van der Waals surface area contributed by atoms with Gasteiger partial charge in [-0.25, -0.2) is 4.79 Å². The first-order valence-corrected chi connectivity index (χ1v) is 6.49. The molecule has 0 aromatic heterocycles. The highest BCUT2D eigenvalue weighted by Crippen LogP contribution is 2.39. The van der Waals surface area contributed by atoms with Crippen LogP contribution in [0.5, 0.6) is 0 Å². The summed E-state index contributed by atoms with van der Waals surface area (Å²) in [7, 11) is 0. The number of alkyl halides is 2. The van der Waals surface area contributed by atoms with E-state index in [0.29, 0.717) is 5.56 Å². The van der Waals surface area contributed by atoms with Crippen molar-refractivity contribution in [1.82, 2.24) is 0 Å². The van der Waals surface area contributed by atoms with Gasteiger partial charge in [-0.2, -0.15) is 8.78 Å². The van der Waals surface area contributed by atoms with Gasteiger partial charge in [0.1, 0.15) is 0 Å². The maximum absolute atomic E-state index is 14.2. The standard InChI is InChI=1S/C15H20F2O2/c1-4-19-14(18)15(16,17)13(10-11(2)3)12-8-6-5-7-9-12/h5-9,11,13H,4,10H2,1-3H3. The molecule has 1 aromatic rings. The molecule has 4 heteroatoms. The van der Waals surface area contributed by atoms with Gasteiger partial charge >= 0.3 is 11.9 Å². The van der Waals surface area contributed by atoms with Gasteiger partial charge in [-0.15, -0.1) is 0 Å². The lowest BCUT2D eigenvalue weighted by molar-refractivity contribution is -0.175. The molecule has 0 amide bonds. The molecule has 106 valence electrons. The first kappa shape index (κ1) is 15.6. The second kappa shape index (κ2) is 6.64. The summed E-state index contributed by atoms with van der Waals surface area (Å²) in [6, 6.07) is 8.41. The zero-order valence-corrected chi connectivity index (χ0v) is 11.5. The summed E-state index contributed by atoms with van der Waals surface area (Å²) in [6.45, 7) is 5.19. The van der Waals surface area contributed by atoms with Crippen molar-refractivity contribution >= 4 is 5.97 Å². The predicted molar refractivity (Wildman–Crippen MR) is 70.2 cm³/mol. The van der Waals surface area contributed by atoms with Crippen molar-refractivity contribution in [1.29, 1.82) is 0 Å². The normalized spacial score (nSPS) is 13.4. The van der Waals surface area contributed by atoms with E-state index in [4.69, 9.17) is 0 Å². The molecule has 19 heavy (non-hydrogen) atoms. The molecule has 0 aliphatic carbocycles. The molecule has 2 nitrogen and oxygen atoms in total. The maximum Gasteiger partial charge on any atom is 0.377 e. The molecule has 1 aromatic carbocycles. The van der Waals surface area contributed by atoms with Gasteiger partial charge in [0, 0.05) is 0 Å². The van der Waals surface area contributed by atoms with Gasteiger partial charge in [0.15, 0.2) is 0 Å². The summed E-state index contributed by atoms with van der Waals surface area (Å²) in [5, 5.41) is 0. The van der Waals surface area contributed by atoms with Crippen LogP contribution in [0.4, 0.5) is 8.78 Å². The molecule has 0 saturated carbocycles. The highest BCUT2D eigenvalue weighted by molar-refractivity contribution is 5.79. The Bertz CT molecular complexity index is 402. The molecule has 1 unspecified atom stereocenters. The van der Waals surface area contributed by atoms with E-state index in [1.54, 1.807) is 30.3 Å². The minimum Gasteiger partial charge on any atom is -0.462 e. The second-order valence-corrected chi connectivity index (χ2v) is 4.94. The molecule has 0 saturated heterocycles. The Morgan fingerprint density at radius 3 is 2.32 bits per heavy atom. The first-order valence-electron chi connectivity index (χ1n) is 6.49. The van der Waals surface area contributed by atoms with Gasteiger partial charge < -0.3 is 4.74 Å². The SMILES string of the molecule is CCOC(=O)C(F)(F)C(CC(C)C)c1ccccc1. The van der Waals surface area contributed by atoms with Gasteiger partial charge in [-0.3, -0.25) is 0 Å². The highest BCUT2D eigenvalue weighted by atomic mass is 19.3. The van der Waals surface area contributed by atoms with Crippen molar-refractivity contribution in [3.63, 3.8) is 0 Å². The minimum absolute atomic E-state index is 0.0440. The zero-order valence-electron chi connectivity index (χ0n) is 11.5. The van der Waals surface area contributed by atoms with Crippen LogP contribution in [-0.2, 0) is 9.53 Å². The van der Waals surface area contributed by atoms with Crippen molar-refractivity contribution in [3.8, 4) is 0 Å². The third-order valence-electron chi connectivity index (χ3n) is 2.89. The minimum atomic E-state index is -3.50. The second-order valence-electron chi connectivity index (χ2n) is 4.94. The number of carbonyl (C=O) groups excluding carboxylic acids is 1. The lowest BCUT2D eigenvalue weighted by Crippen LogP contribution is -2.38. The molecule has 1 atom stereocenters. The fraction of sp³-hybridized carbons (Fsp3) is 0.533. The van der Waals surface area contributed by atoms with E-state index < -0.39 is 17.8 Å². The van der Waals surface area contributed by atoms with Crippen molar-refractivity contribution in [3.05, 3.63) is 35.9 Å². The molecule has 1 rings (SSSR count). The van der Waals surface area contributed by atoms with E-state index in [0.717, 1.165) is 0 Å². The number of hydrogen-bond acceptors (Lipinski definition) is 2. The molecule has 0 N–H and O–H groups in total. The van der Waals surface area contributed by atoms with Crippen LogP contribution in [0.2, 0.25) is 0 Å². The number of esters is 1. The summed E-state index contributed by atoms with van der Waals surface area (Å²) in [5.41, 5.74) is 0.467. The van der Waals surface area contributed by atoms with Crippen LogP contribution in [0.1, 0.15) is 38.7 Å². The van der Waals surface area contributed by atoms with Crippen molar-refractivity contribution in [2.45, 2.75) is 39.0 Å². The maximum atomic E-state index is 14.2. The summed E-state index contributed by atoms with van der Waals surface area (Å²) in [6.07, 6.45) is 0.232. The Morgan fingerprint density at radius 1 is 1.26 bits per heavy atom. The molecule has 0 heterocycles. The van der Waals surface area contributed by atoms with Crippen LogP contribution in [0.25, 0.3) is 0 Å². The summed E-state index contributed by atoms with van der Waals surface area (Å²) < 4.78 is 33.0. The monoisotopic (exact) mass is 270 g/mol. The fourth-order valence-corrected chi connectivity index (χ4v) is 2.02. The first-order chi connectivity index (χ1) is 8.89. The van der Waals surface area contributed by atoms with E-state index >= 15 is 0 Å². The Balaban J connectivity index is 3.06. The van der Waals surface area contributed by atoms with Gasteiger partial charge in [0.25, 0.3) is 0 Å². The number of benzene rings is 1. The molecule has 0 aliphatic heterocycles. The van der Waals surface area contributed by atoms with E-state index in [2.05, 4.69) is 4.74 Å². The smallest absolute Gasteiger partial charge is 0.377 e. The lowest BCUT2D eigenvalue weighted by atomic mass is 9.85. The van der Waals surface area contributed by atoms with Gasteiger partial charge in [-0.05, 0) is 24.8 Å². The molecular formula is C15H20F2O2. The van der Waals surface area contributed by atoms with E-state index in [9.17, 15) is 13.6 Å². The molecule has 0 bridgehead atoms. The summed E-state index contributed by atoms with van der Waals surface area (Å²) in [4.78, 5) is 11.5. The number of halogens is 2. The molecule has 0 aliphatic rings. The third-order valence-corrected chi connectivity index (χ3v) is 2.89. The van der Waals surface area contributed by atoms with E-state index in [-0.39, 0.29) is 18.9 Å². The van der Waals surface area contributed by atoms with Crippen molar-refractivity contribution in [2.75, 3.05) is 6.61 Å². The van der Waals surface area contributed by atoms with Crippen LogP contribution < -0.4 is 0 Å². The van der Waals surface area contributed by atoms with E-state index in [1.165, 1.54) is 6.92 Å². The summed E-state index contributed by atoms with van der Waals surface area (Å²) in [5.74, 6) is -6.02. The topological polar surface area (TPSA) is 26.3 Å². The zero-order chi connectivity index (χ0) is 14.5. The van der Waals surface area contributed by atoms with Crippen LogP contribution in [-0.4, -0.2) is 18.5 Å². The van der Waals surface area contributed by atoms with Crippen LogP contribution in [0.3, 0.4) is 0 Å². The summed E-state index contributed by atoms with van der Waals surface area (Å²) >= 11 is 0. The van der Waals surface area contributed by atoms with Crippen LogP contribution in [0.15, 0.2) is 30.3 Å². The Morgan fingerprint density at radius 2 is 1.84 bits per heavy atom. The highest BCUT2D eigenvalue weighted by Gasteiger charge is 2.49. The molecule has 0 spiro atoms. The number of hydrogen-bond donors (Lipinski definition) is 0. The fourth-order valence-electron chi connectivity index (χ4n) is 2.02. The number of ether oxygens (including phenoxy) is 1. The average Bonchev–Trinajstić information content (AvgIpc) is 2.37.